The third-order valence-electron chi connectivity index (χ3n) is 22.4. The second-order valence-corrected chi connectivity index (χ2v) is 47.7. The number of ether oxygens (including phenoxy) is 7. The molecule has 10 aliphatic rings. The smallest absolute Gasteiger partial charge is 0.382 e. The molecular formula is C61H68F4N30O28P6S6. The monoisotopic (exact) mass is 2120 g/mol. The third kappa shape index (κ3) is 18.0. The number of alkyl halides is 4. The van der Waals surface area contributed by atoms with Gasteiger partial charge >= 0.3 is 40.4 Å². The maximum atomic E-state index is 16.0. The Kier molecular flexibility index (Phi) is 25.0. The lowest BCUT2D eigenvalue weighted by molar-refractivity contribution is -0.183. The normalized spacial score (nSPS) is 38.0. The van der Waals surface area contributed by atoms with E-state index in [1.807, 2.05) is 0 Å². The maximum absolute atomic E-state index is 16.0. The van der Waals surface area contributed by atoms with Crippen LogP contribution in [0.2, 0.25) is 0 Å². The Morgan fingerprint density at radius 3 is 1.16 bits per heavy atom. The number of halogens is 4. The van der Waals surface area contributed by atoms with E-state index in [1.54, 1.807) is 4.57 Å². The number of hydrogen-bond acceptors (Lipinski definition) is 49. The average Bonchev–Trinajstić information content (AvgIpc) is 1.55. The summed E-state index contributed by atoms with van der Waals surface area (Å²) < 4.78 is 194. The molecule has 10 saturated heterocycles. The predicted molar refractivity (Wildman–Crippen MR) is 467 cm³/mol. The van der Waals surface area contributed by atoms with Crippen LogP contribution in [-0.4, -0.2) is 291 Å². The van der Waals surface area contributed by atoms with Crippen LogP contribution in [0.4, 0.5) is 52.9 Å². The van der Waals surface area contributed by atoms with Gasteiger partial charge in [0.05, 0.1) is 90.3 Å². The summed E-state index contributed by atoms with van der Waals surface area (Å²) in [4.78, 5) is 160. The topological polar surface area (TPSA) is 771 Å². The van der Waals surface area contributed by atoms with Crippen molar-refractivity contribution in [3.8, 4) is 0 Å². The van der Waals surface area contributed by atoms with Gasteiger partial charge in [-0.3, -0.25) is 88.4 Å². The molecule has 0 saturated carbocycles. The van der Waals surface area contributed by atoms with E-state index in [2.05, 4.69) is 102 Å². The number of anilines is 6. The standard InChI is InChI=1S/C21H23FN10O10P2S2.C20H22F2N10O9P2S2.C20H23FN10O9P2S2/c22-8-7-1-37-43(34,45)42-13-12-19(31-5-27-9-14(23)25-4-26-15(9)31)40-21(13,2-36-12)3-38-44(35,46)41-11(8)18(39-7)32-6-28-10-16(32)29-20(24)30-17(10)33;21-8-6-1-36-42(34,44)40-12-7(39-18(9(12)22)31-4-27-10-14(23)25-3-26-15(10)31)2-37-43(35,45)41-13(8)19(38-6)32-5-28-11-16(32)29-20(24)30-17(11)33;21-10-13-9(38-19(10)30-5-26-11-14(22)24-4-25-15(11)30)3-36-41(33,43)39-8-1-7(2-35-42(34,44)40-13)37-18(8)31-6-27-12-16(31)28-20(23)29-17(12)32/h4-8,11-13,18-19H,1-3H2,(H,34,45)(H,35,46)(H2,23,25,26)(H3,24,29,30,33);3-9,12-13,18-19H,1-2H2,(H,34,44)(H,35,45)(H2,23,25,26)(H3,24,29,30,33);4-10,13,18-19H,1-3H2,(H,33,43)(H,34,44)(H2,22,24,25)(H3,23,28,29,32)/t7-,8-,11-,12-,13+,18-,19-,21-,43?,44?;6-,7-,8+,9+,12-,13-,18-,19-,42?,43?;7-,8?,9+,10?,13-,18+,19+,41?,42?/m110/s1. The number of nitrogens with two attached hydrogens (primary N) is 6. The minimum absolute atomic E-state index is 0.0280. The molecule has 74 heteroatoms. The van der Waals surface area contributed by atoms with Crippen LogP contribution in [0.25, 0.3) is 67.0 Å². The van der Waals surface area contributed by atoms with Gasteiger partial charge in [-0.25, -0.2) is 81.9 Å². The number of imidazole rings is 6. The van der Waals surface area contributed by atoms with Crippen molar-refractivity contribution in [2.45, 2.75) is 147 Å². The summed E-state index contributed by atoms with van der Waals surface area (Å²) in [6.07, 6.45) is -20.6. The minimum Gasteiger partial charge on any atom is -0.382 e. The predicted octanol–water partition coefficient (Wildman–Crippen LogP) is -0.159. The molecule has 0 aromatic carbocycles. The SMILES string of the molecule is Nc1nc2c(ncn2[C@@H]2O[C@@H]3COP(O)(=S)O[C@@H]4C(F)[C@H](n5cnc6c(N)ncnc65)O[C@@H]4COP(=O)(S)OC2C3)c(=O)[nH]1.Nc1nc2c(ncn2[C@@H]2O[C@@H]3COP(O)(=S)O[C@H]4[C@H](F)[C@H](n5cnc6c(N)ncnc65)O[C@@H]4COP(O)(=S)O[C@@H]2[C@H]3F)c(=O)[nH]1.Nc1nc2c(ncn2[C@@H]2O[C@@H]3COP(O)(=S)O[C@H]4[C@H]5OC[C@]4(COP(O)(=S)O[C@@H]2[C@@H]3F)O[C@H]5n2cnc3c(N)ncnc32)c(=O)[nH]1. The highest BCUT2D eigenvalue weighted by Crippen LogP contribution is 2.63. The first kappa shape index (κ1) is 94.7. The number of aromatic amines is 3. The number of rotatable bonds is 6. The van der Waals surface area contributed by atoms with E-state index in [4.69, 9.17) is 181 Å². The van der Waals surface area contributed by atoms with E-state index in [9.17, 15) is 43.4 Å². The summed E-state index contributed by atoms with van der Waals surface area (Å²) >= 11 is 30.2. The second kappa shape index (κ2) is 35.7. The van der Waals surface area contributed by atoms with Gasteiger partial charge in [0.15, 0.2) is 130 Å². The number of aromatic nitrogens is 24. The molecule has 12 aromatic heterocycles. The molecule has 0 amide bonds. The Morgan fingerprint density at radius 1 is 0.378 bits per heavy atom. The molecule has 8 bridgehead atoms. The first-order valence-corrected chi connectivity index (χ1v) is 54.7. The highest BCUT2D eigenvalue weighted by Gasteiger charge is 2.66. The molecule has 0 radical (unpaired) electrons. The molecule has 12 aromatic rings. The van der Waals surface area contributed by atoms with Gasteiger partial charge in [-0.05, 0) is 59.0 Å². The van der Waals surface area contributed by atoms with Crippen LogP contribution >= 0.6 is 52.6 Å². The third-order valence-corrected chi connectivity index (χ3v) is 31.8. The molecule has 724 valence electrons. The van der Waals surface area contributed by atoms with E-state index < -0.39 is 231 Å². The molecule has 22 rings (SSSR count). The summed E-state index contributed by atoms with van der Waals surface area (Å²) in [5.74, 6) is -0.403. The van der Waals surface area contributed by atoms with Crippen molar-refractivity contribution in [2.24, 2.45) is 0 Å². The van der Waals surface area contributed by atoms with Gasteiger partial charge in [0.25, 0.3) is 16.7 Å². The summed E-state index contributed by atoms with van der Waals surface area (Å²) in [5.41, 5.74) is 32.3. The van der Waals surface area contributed by atoms with E-state index in [0.29, 0.717) is 11.2 Å². The van der Waals surface area contributed by atoms with Gasteiger partial charge in [0.2, 0.25) is 17.8 Å². The summed E-state index contributed by atoms with van der Waals surface area (Å²) in [6, 6.07) is 0. The van der Waals surface area contributed by atoms with Crippen LogP contribution in [0, 0.1) is 0 Å². The van der Waals surface area contributed by atoms with Crippen LogP contribution in [-0.2, 0) is 151 Å². The minimum atomic E-state index is -4.35. The molecule has 8 unspecified atom stereocenters. The van der Waals surface area contributed by atoms with Crippen molar-refractivity contribution >= 4 is 214 Å². The fourth-order valence-electron chi connectivity index (χ4n) is 16.4. The molecule has 0 aliphatic carbocycles. The fourth-order valence-corrected chi connectivity index (χ4v) is 25.1. The second-order valence-electron chi connectivity index (χ2n) is 30.9. The molecule has 0 spiro atoms. The number of hydrogen-bond donors (Lipinski definition) is 15. The van der Waals surface area contributed by atoms with Gasteiger partial charge in [-0.2, -0.15) is 15.0 Å². The molecular weight excluding hydrogens is 2060 g/mol. The maximum Gasteiger partial charge on any atom is 0.386 e. The van der Waals surface area contributed by atoms with Crippen LogP contribution in [0.3, 0.4) is 0 Å². The van der Waals surface area contributed by atoms with E-state index >= 15 is 17.6 Å². The first-order valence-electron chi connectivity index (χ1n) is 39.1. The molecule has 10 fully saturated rings. The molecule has 10 aliphatic heterocycles. The zero-order valence-corrected chi connectivity index (χ0v) is 77.6. The summed E-state index contributed by atoms with van der Waals surface area (Å²) in [5, 5.41) is 0. The number of nitrogens with one attached hydrogen (secondary N) is 3. The Bertz CT molecular complexity index is 7210. The van der Waals surface area contributed by atoms with Gasteiger partial charge in [-0.15, -0.1) is 0 Å². The van der Waals surface area contributed by atoms with Crippen LogP contribution < -0.4 is 51.1 Å². The number of fused-ring (bicyclic) bond motifs is 14. The fraction of sp³-hybridized carbons (Fsp3) is 0.508. The van der Waals surface area contributed by atoms with E-state index in [0.717, 1.165) is 23.5 Å². The van der Waals surface area contributed by atoms with Gasteiger partial charge in [0, 0.05) is 6.42 Å². The van der Waals surface area contributed by atoms with Gasteiger partial charge < -0.3 is 115 Å². The Labute approximate surface area is 776 Å². The zero-order chi connectivity index (χ0) is 95.0. The summed E-state index contributed by atoms with van der Waals surface area (Å²) in [6.45, 7) is -29.0. The Hall–Kier alpha value is -7.91. The van der Waals surface area contributed by atoms with Crippen LogP contribution in [0.1, 0.15) is 43.8 Å². The van der Waals surface area contributed by atoms with Crippen molar-refractivity contribution < 1.29 is 134 Å². The van der Waals surface area contributed by atoms with E-state index in [-0.39, 0.29) is 111 Å². The lowest BCUT2D eigenvalue weighted by Crippen LogP contribution is -2.45. The van der Waals surface area contributed by atoms with Gasteiger partial charge in [-0.1, -0.05) is 12.2 Å². The van der Waals surface area contributed by atoms with Crippen molar-refractivity contribution in [2.75, 3.05) is 80.7 Å². The highest BCUT2D eigenvalue weighted by atomic mass is 32.7. The Balaban J connectivity index is 0.000000126. The molecule has 135 heavy (non-hydrogen) atoms. The van der Waals surface area contributed by atoms with Crippen molar-refractivity contribution in [3.05, 3.63) is 88.0 Å². The number of nitrogens with zero attached hydrogens (tertiary/aromatic N) is 21. The molecule has 20 N–H and O–H groups in total. The van der Waals surface area contributed by atoms with Crippen molar-refractivity contribution in [1.29, 1.82) is 0 Å². The van der Waals surface area contributed by atoms with Crippen LogP contribution in [0.5, 0.6) is 0 Å². The quantitative estimate of drug-likeness (QED) is 0.0584. The average molecular weight is 2120 g/mol. The van der Waals surface area contributed by atoms with Crippen molar-refractivity contribution in [3.63, 3.8) is 0 Å². The molecule has 58 nitrogen and oxygen atoms in total. The lowest BCUT2D eigenvalue weighted by Gasteiger charge is -2.33. The molecule has 29 atom stereocenters. The Morgan fingerprint density at radius 2 is 0.726 bits per heavy atom. The van der Waals surface area contributed by atoms with Crippen molar-refractivity contribution in [1.82, 2.24) is 117 Å². The largest absolute Gasteiger partial charge is 0.386 e. The van der Waals surface area contributed by atoms with Gasteiger partial charge in [0.1, 0.15) is 108 Å². The zero-order valence-electron chi connectivity index (χ0n) is 67.2. The molecule has 22 heterocycles. The summed E-state index contributed by atoms with van der Waals surface area (Å²) in [7, 11) is 0. The number of nitrogen functional groups attached to an aromatic ring is 6. The lowest BCUT2D eigenvalue weighted by atomic mass is 10.0. The number of thiol groups is 1. The van der Waals surface area contributed by atoms with E-state index in [1.165, 1.54) is 56.2 Å². The highest BCUT2D eigenvalue weighted by molar-refractivity contribution is 8.44. The first-order chi connectivity index (χ1) is 64.1. The number of H-pyrrole nitrogens is 3. The van der Waals surface area contributed by atoms with Crippen LogP contribution in [0.15, 0.2) is 71.3 Å².